The summed E-state index contributed by atoms with van der Waals surface area (Å²) in [5, 5.41) is 0. The number of ether oxygens (including phenoxy) is 3. The number of alkyl halides is 1. The van der Waals surface area contributed by atoms with Gasteiger partial charge in [0.15, 0.2) is 18.1 Å². The molecule has 4 fully saturated rings. The van der Waals surface area contributed by atoms with E-state index in [9.17, 15) is 9.59 Å². The highest BCUT2D eigenvalue weighted by atomic mass is 35.5. The Kier molecular flexibility index (Phi) is 5.03. The average molecular weight is 484 g/mol. The number of fused-ring (bicyclic) bond motifs is 1. The first-order chi connectivity index (χ1) is 16.3. The number of ketones is 1. The van der Waals surface area contributed by atoms with Gasteiger partial charge in [-0.2, -0.15) is 0 Å². The zero-order chi connectivity index (χ0) is 23.7. The summed E-state index contributed by atoms with van der Waals surface area (Å²) < 4.78 is 19.0. The fourth-order valence-electron chi connectivity index (χ4n) is 7.37. The van der Waals surface area contributed by atoms with Gasteiger partial charge in [-0.3, -0.25) is 9.59 Å². The third kappa shape index (κ3) is 3.53. The van der Waals surface area contributed by atoms with Crippen LogP contribution in [0.25, 0.3) is 5.69 Å². The molecule has 0 amide bonds. The minimum absolute atomic E-state index is 0.185. The van der Waals surface area contributed by atoms with Crippen LogP contribution >= 0.6 is 11.6 Å². The highest BCUT2D eigenvalue weighted by molar-refractivity contribution is 6.24. The molecule has 4 aliphatic carbocycles. The summed E-state index contributed by atoms with van der Waals surface area (Å²) in [6, 6.07) is 7.64. The summed E-state index contributed by atoms with van der Waals surface area (Å²) in [4.78, 5) is 26.1. The summed E-state index contributed by atoms with van der Waals surface area (Å²) in [5.74, 6) is 2.02. The van der Waals surface area contributed by atoms with E-state index >= 15 is 0 Å². The SMILES string of the molecule is Cc1cc(C(=O)COC(=O)C23C[C@@H]4C[C@@H](CC(Cl)(C4)C2)C3)c(C)n1-c1ccc2c(c1)OCCO2. The topological polar surface area (TPSA) is 66.8 Å². The van der Waals surface area contributed by atoms with Crippen LogP contribution in [0, 0.1) is 31.1 Å². The van der Waals surface area contributed by atoms with Crippen LogP contribution in [0.4, 0.5) is 0 Å². The number of carbonyl (C=O) groups is 2. The number of carbonyl (C=O) groups excluding carboxylic acids is 2. The molecule has 0 radical (unpaired) electrons. The summed E-state index contributed by atoms with van der Waals surface area (Å²) in [5.41, 5.74) is 2.70. The van der Waals surface area contributed by atoms with Crippen molar-refractivity contribution in [1.29, 1.82) is 0 Å². The summed E-state index contributed by atoms with van der Waals surface area (Å²) in [6.45, 7) is 4.69. The molecule has 4 atom stereocenters. The summed E-state index contributed by atoms with van der Waals surface area (Å²) in [7, 11) is 0. The van der Waals surface area contributed by atoms with Crippen molar-refractivity contribution in [2.24, 2.45) is 17.3 Å². The van der Waals surface area contributed by atoms with E-state index in [-0.39, 0.29) is 23.2 Å². The van der Waals surface area contributed by atoms with Crippen molar-refractivity contribution in [2.75, 3.05) is 19.8 Å². The van der Waals surface area contributed by atoms with E-state index in [1.165, 1.54) is 6.42 Å². The monoisotopic (exact) mass is 483 g/mol. The molecular weight excluding hydrogens is 454 g/mol. The van der Waals surface area contributed by atoms with E-state index in [0.717, 1.165) is 48.5 Å². The van der Waals surface area contributed by atoms with Crippen LogP contribution in [-0.4, -0.2) is 41.0 Å². The second-order valence-electron chi connectivity index (χ2n) is 10.8. The molecule has 4 saturated carbocycles. The second-order valence-corrected chi connectivity index (χ2v) is 11.6. The van der Waals surface area contributed by atoms with Crippen LogP contribution in [0.2, 0.25) is 0 Å². The van der Waals surface area contributed by atoms with E-state index in [1.54, 1.807) is 0 Å². The number of Topliss-reactive ketones (excluding diaryl/α,β-unsaturated/α-hetero) is 1. The molecule has 5 aliphatic rings. The molecule has 1 aromatic carbocycles. The van der Waals surface area contributed by atoms with Gasteiger partial charge in [-0.25, -0.2) is 0 Å². The molecule has 1 aromatic heterocycles. The zero-order valence-corrected chi connectivity index (χ0v) is 20.5. The lowest BCUT2D eigenvalue weighted by Crippen LogP contribution is -2.56. The molecule has 1 aliphatic heterocycles. The molecule has 2 heterocycles. The Bertz CT molecular complexity index is 1170. The number of hydrogen-bond donors (Lipinski definition) is 0. The molecule has 4 bridgehead atoms. The first kappa shape index (κ1) is 22.0. The number of nitrogens with zero attached hydrogens (tertiary/aromatic N) is 1. The van der Waals surface area contributed by atoms with Gasteiger partial charge in [-0.05, 0) is 82.4 Å². The number of rotatable bonds is 5. The van der Waals surface area contributed by atoms with Crippen molar-refractivity contribution in [3.8, 4) is 17.2 Å². The van der Waals surface area contributed by atoms with E-state index < -0.39 is 5.41 Å². The highest BCUT2D eigenvalue weighted by Crippen LogP contribution is 2.64. The minimum Gasteiger partial charge on any atom is -0.486 e. The first-order valence-corrected chi connectivity index (χ1v) is 12.6. The Morgan fingerprint density at radius 1 is 1.06 bits per heavy atom. The Labute approximate surface area is 204 Å². The van der Waals surface area contributed by atoms with Crippen LogP contribution in [0.1, 0.15) is 60.3 Å². The van der Waals surface area contributed by atoms with Gasteiger partial charge >= 0.3 is 5.97 Å². The predicted molar refractivity (Wildman–Crippen MR) is 127 cm³/mol. The molecule has 6 nitrogen and oxygen atoms in total. The van der Waals surface area contributed by atoms with Crippen LogP contribution in [0.15, 0.2) is 24.3 Å². The van der Waals surface area contributed by atoms with Crippen molar-refractivity contribution in [3.05, 3.63) is 41.2 Å². The molecule has 180 valence electrons. The Balaban J connectivity index is 1.19. The molecule has 34 heavy (non-hydrogen) atoms. The van der Waals surface area contributed by atoms with E-state index in [0.29, 0.717) is 42.8 Å². The first-order valence-electron chi connectivity index (χ1n) is 12.2. The normalized spacial score (nSPS) is 30.9. The quantitative estimate of drug-likeness (QED) is 0.333. The Morgan fingerprint density at radius 2 is 1.76 bits per heavy atom. The van der Waals surface area contributed by atoms with Crippen molar-refractivity contribution in [1.82, 2.24) is 4.57 Å². The highest BCUT2D eigenvalue weighted by Gasteiger charge is 2.60. The van der Waals surface area contributed by atoms with Gasteiger partial charge in [0.25, 0.3) is 0 Å². The van der Waals surface area contributed by atoms with Crippen LogP contribution in [-0.2, 0) is 9.53 Å². The minimum atomic E-state index is -0.506. The molecule has 7 heteroatoms. The molecular formula is C27H30ClNO5. The number of aryl methyl sites for hydroxylation is 1. The number of halogens is 1. The van der Waals surface area contributed by atoms with Crippen LogP contribution < -0.4 is 9.47 Å². The summed E-state index contributed by atoms with van der Waals surface area (Å²) >= 11 is 6.87. The number of benzene rings is 1. The van der Waals surface area contributed by atoms with Gasteiger partial charge in [0.2, 0.25) is 5.78 Å². The molecule has 0 spiro atoms. The van der Waals surface area contributed by atoms with Crippen LogP contribution in [0.3, 0.4) is 0 Å². The molecule has 2 aromatic rings. The van der Waals surface area contributed by atoms with Crippen molar-refractivity contribution >= 4 is 23.4 Å². The largest absolute Gasteiger partial charge is 0.486 e. The van der Waals surface area contributed by atoms with Gasteiger partial charge in [0, 0.05) is 33.6 Å². The van der Waals surface area contributed by atoms with Crippen molar-refractivity contribution in [3.63, 3.8) is 0 Å². The molecule has 7 rings (SSSR count). The van der Waals surface area contributed by atoms with E-state index in [4.69, 9.17) is 25.8 Å². The third-order valence-corrected chi connectivity index (χ3v) is 8.71. The average Bonchev–Trinajstić information content (AvgIpc) is 3.09. The van der Waals surface area contributed by atoms with Crippen LogP contribution in [0.5, 0.6) is 11.5 Å². The number of hydrogen-bond acceptors (Lipinski definition) is 5. The third-order valence-electron chi connectivity index (χ3n) is 8.27. The van der Waals surface area contributed by atoms with Crippen molar-refractivity contribution < 1.29 is 23.8 Å². The van der Waals surface area contributed by atoms with Gasteiger partial charge in [-0.15, -0.1) is 11.6 Å². The molecule has 0 saturated heterocycles. The maximum atomic E-state index is 13.2. The lowest BCUT2D eigenvalue weighted by Gasteiger charge is -2.58. The van der Waals surface area contributed by atoms with Gasteiger partial charge in [0.1, 0.15) is 13.2 Å². The molecule has 2 unspecified atom stereocenters. The Hall–Kier alpha value is -2.47. The standard InChI is InChI=1S/C27H30ClNO5/c1-16-7-21(17(2)29(16)20-3-4-23-24(9-20)33-6-5-32-23)22(30)14-34-25(31)26-10-18-8-19(11-26)13-27(28,12-18)15-26/h3-4,7,9,18-19H,5-6,8,10-15H2,1-2H3/t18-,19+,26?,27?. The summed E-state index contributed by atoms with van der Waals surface area (Å²) in [6.07, 6.45) is 5.57. The maximum Gasteiger partial charge on any atom is 0.312 e. The smallest absolute Gasteiger partial charge is 0.312 e. The fraction of sp³-hybridized carbons (Fsp3) is 0.556. The second kappa shape index (κ2) is 7.77. The van der Waals surface area contributed by atoms with Gasteiger partial charge in [0.05, 0.1) is 5.41 Å². The zero-order valence-electron chi connectivity index (χ0n) is 19.7. The maximum absolute atomic E-state index is 13.2. The predicted octanol–water partition coefficient (Wildman–Crippen LogP) is 5.17. The number of aromatic nitrogens is 1. The number of esters is 1. The lowest BCUT2D eigenvalue weighted by molar-refractivity contribution is -0.168. The Morgan fingerprint density at radius 3 is 2.47 bits per heavy atom. The van der Waals surface area contributed by atoms with E-state index in [1.807, 2.05) is 42.7 Å². The fourth-order valence-corrected chi connectivity index (χ4v) is 8.06. The van der Waals surface area contributed by atoms with E-state index in [2.05, 4.69) is 0 Å². The van der Waals surface area contributed by atoms with Gasteiger partial charge in [-0.1, -0.05) is 0 Å². The lowest BCUT2D eigenvalue weighted by atomic mass is 9.49. The van der Waals surface area contributed by atoms with Gasteiger partial charge < -0.3 is 18.8 Å². The van der Waals surface area contributed by atoms with Crippen molar-refractivity contribution in [2.45, 2.75) is 57.2 Å². The molecule has 0 N–H and O–H groups in total.